The van der Waals surface area contributed by atoms with Crippen molar-refractivity contribution in [2.45, 2.75) is 39.8 Å². The van der Waals surface area contributed by atoms with Gasteiger partial charge in [0, 0.05) is 23.1 Å². The third-order valence-electron chi connectivity index (χ3n) is 5.14. The van der Waals surface area contributed by atoms with Gasteiger partial charge >= 0.3 is 11.9 Å². The molecule has 6 nitrogen and oxygen atoms in total. The minimum Gasteiger partial charge on any atom is -0.479 e. The monoisotopic (exact) mass is 415 g/mol. The van der Waals surface area contributed by atoms with E-state index in [0.717, 1.165) is 27.7 Å². The molecule has 2 N–H and O–H groups in total. The smallest absolute Gasteiger partial charge is 0.344 e. The molecule has 0 bridgehead atoms. The molecule has 1 aromatic heterocycles. The van der Waals surface area contributed by atoms with E-state index in [1.165, 1.54) is 0 Å². The van der Waals surface area contributed by atoms with Crippen LogP contribution in [-0.2, 0) is 11.3 Å². The van der Waals surface area contributed by atoms with Crippen molar-refractivity contribution < 1.29 is 24.5 Å². The molecule has 3 aromatic rings. The van der Waals surface area contributed by atoms with Gasteiger partial charge in [0.05, 0.1) is 10.6 Å². The van der Waals surface area contributed by atoms with Crippen molar-refractivity contribution in [2.24, 2.45) is 0 Å². The molecule has 0 radical (unpaired) electrons. The van der Waals surface area contributed by atoms with Crippen LogP contribution in [0.3, 0.4) is 0 Å². The van der Waals surface area contributed by atoms with Crippen LogP contribution in [0.25, 0.3) is 10.9 Å². The first-order valence-electron chi connectivity index (χ1n) is 9.23. The molecule has 0 saturated heterocycles. The summed E-state index contributed by atoms with van der Waals surface area (Å²) in [5, 5.41) is 19.7. The van der Waals surface area contributed by atoms with Crippen LogP contribution in [0.1, 0.15) is 40.5 Å². The molecule has 0 aliphatic carbocycles. The van der Waals surface area contributed by atoms with Gasteiger partial charge in [-0.05, 0) is 61.7 Å². The fourth-order valence-electron chi connectivity index (χ4n) is 3.37. The van der Waals surface area contributed by atoms with Gasteiger partial charge in [-0.1, -0.05) is 24.6 Å². The zero-order valence-electron chi connectivity index (χ0n) is 16.4. The van der Waals surface area contributed by atoms with Gasteiger partial charge in [0.2, 0.25) is 0 Å². The second-order valence-corrected chi connectivity index (χ2v) is 7.36. The standard InChI is InChI=1S/C22H22ClNO5/c1-4-19(22(27)28)29-20-9-14(5-7-17(20)23)11-24-13(3)12(2)16-10-15(21(25)26)6-8-18(16)24/h5-10,19H,4,11H2,1-3H3,(H,25,26)(H,27,28)/t19-/m1/s1. The maximum Gasteiger partial charge on any atom is 0.344 e. The van der Waals surface area contributed by atoms with Crippen LogP contribution in [0.15, 0.2) is 36.4 Å². The Kier molecular flexibility index (Phi) is 5.84. The number of carboxylic acids is 2. The number of nitrogens with zero attached hydrogens (tertiary/aromatic N) is 1. The summed E-state index contributed by atoms with van der Waals surface area (Å²) in [4.78, 5) is 22.6. The molecule has 0 amide bonds. The number of ether oxygens (including phenoxy) is 1. The molecule has 7 heteroatoms. The van der Waals surface area contributed by atoms with Gasteiger partial charge in [-0.15, -0.1) is 0 Å². The first-order valence-corrected chi connectivity index (χ1v) is 9.61. The molecular weight excluding hydrogens is 394 g/mol. The molecule has 1 heterocycles. The predicted molar refractivity (Wildman–Crippen MR) is 111 cm³/mol. The van der Waals surface area contributed by atoms with Crippen molar-refractivity contribution in [1.29, 1.82) is 0 Å². The van der Waals surface area contributed by atoms with E-state index >= 15 is 0 Å². The highest BCUT2D eigenvalue weighted by atomic mass is 35.5. The van der Waals surface area contributed by atoms with Crippen LogP contribution in [0.5, 0.6) is 5.75 Å². The van der Waals surface area contributed by atoms with Crippen molar-refractivity contribution >= 4 is 34.4 Å². The van der Waals surface area contributed by atoms with E-state index in [4.69, 9.17) is 16.3 Å². The highest BCUT2D eigenvalue weighted by Gasteiger charge is 2.19. The molecular formula is C22H22ClNO5. The molecule has 3 rings (SSSR count). The number of aromatic nitrogens is 1. The number of carboxylic acid groups (broad SMARTS) is 2. The van der Waals surface area contributed by atoms with Crippen LogP contribution >= 0.6 is 11.6 Å². The third-order valence-corrected chi connectivity index (χ3v) is 5.45. The van der Waals surface area contributed by atoms with E-state index in [2.05, 4.69) is 4.57 Å². The average Bonchev–Trinajstić information content (AvgIpc) is 2.92. The lowest BCUT2D eigenvalue weighted by Crippen LogP contribution is -2.26. The van der Waals surface area contributed by atoms with E-state index in [9.17, 15) is 19.8 Å². The molecule has 1 atom stereocenters. The first-order chi connectivity index (χ1) is 13.7. The summed E-state index contributed by atoms with van der Waals surface area (Å²) < 4.78 is 7.69. The maximum absolute atomic E-state index is 11.3. The largest absolute Gasteiger partial charge is 0.479 e. The number of hydrogen-bond acceptors (Lipinski definition) is 3. The molecule has 0 unspecified atom stereocenters. The lowest BCUT2D eigenvalue weighted by Gasteiger charge is -2.16. The Morgan fingerprint density at radius 1 is 1.14 bits per heavy atom. The Morgan fingerprint density at radius 3 is 2.48 bits per heavy atom. The normalized spacial score (nSPS) is 12.1. The number of aromatic carboxylic acids is 1. The van der Waals surface area contributed by atoms with E-state index in [1.807, 2.05) is 26.0 Å². The highest BCUT2D eigenvalue weighted by Crippen LogP contribution is 2.30. The topological polar surface area (TPSA) is 88.8 Å². The van der Waals surface area contributed by atoms with Gasteiger partial charge < -0.3 is 19.5 Å². The summed E-state index contributed by atoms with van der Waals surface area (Å²) in [6.45, 7) is 6.20. The van der Waals surface area contributed by atoms with Gasteiger partial charge in [-0.2, -0.15) is 0 Å². The van der Waals surface area contributed by atoms with Crippen molar-refractivity contribution in [3.63, 3.8) is 0 Å². The average molecular weight is 416 g/mol. The van der Waals surface area contributed by atoms with E-state index in [0.29, 0.717) is 23.7 Å². The molecule has 0 fully saturated rings. The second-order valence-electron chi connectivity index (χ2n) is 6.95. The van der Waals surface area contributed by atoms with Crippen molar-refractivity contribution in [2.75, 3.05) is 0 Å². The van der Waals surface area contributed by atoms with Gasteiger partial charge in [0.1, 0.15) is 5.75 Å². The Bertz CT molecular complexity index is 1100. The summed E-state index contributed by atoms with van der Waals surface area (Å²) in [5.74, 6) is -1.66. The summed E-state index contributed by atoms with van der Waals surface area (Å²) >= 11 is 6.20. The van der Waals surface area contributed by atoms with Crippen molar-refractivity contribution in [1.82, 2.24) is 4.57 Å². The Balaban J connectivity index is 1.99. The number of aryl methyl sites for hydroxylation is 1. The van der Waals surface area contributed by atoms with Crippen molar-refractivity contribution in [3.8, 4) is 5.75 Å². The predicted octanol–water partition coefficient (Wildman–Crippen LogP) is 4.90. The first kappa shape index (κ1) is 20.7. The summed E-state index contributed by atoms with van der Waals surface area (Å²) in [6, 6.07) is 10.4. The summed E-state index contributed by atoms with van der Waals surface area (Å²) in [6.07, 6.45) is -0.643. The van der Waals surface area contributed by atoms with Crippen LogP contribution in [-0.4, -0.2) is 32.8 Å². The number of aliphatic carboxylic acids is 1. The molecule has 0 aliphatic heterocycles. The SMILES string of the molecule is CC[C@@H](Oc1cc(Cn2c(C)c(C)c3cc(C(=O)O)ccc32)ccc1Cl)C(=O)O. The zero-order valence-corrected chi connectivity index (χ0v) is 17.2. The minimum atomic E-state index is -1.04. The molecule has 0 aliphatic rings. The van der Waals surface area contributed by atoms with Gasteiger partial charge in [0.25, 0.3) is 0 Å². The number of fused-ring (bicyclic) bond motifs is 1. The minimum absolute atomic E-state index is 0.249. The van der Waals surface area contributed by atoms with Gasteiger partial charge in [0.15, 0.2) is 6.10 Å². The van der Waals surface area contributed by atoms with Crippen LogP contribution in [0.4, 0.5) is 0 Å². The molecule has 152 valence electrons. The van der Waals surface area contributed by atoms with Crippen LogP contribution in [0.2, 0.25) is 5.02 Å². The molecule has 0 spiro atoms. The van der Waals surface area contributed by atoms with Gasteiger partial charge in [-0.3, -0.25) is 0 Å². The number of halogens is 1. The zero-order chi connectivity index (χ0) is 21.3. The fourth-order valence-corrected chi connectivity index (χ4v) is 3.53. The van der Waals surface area contributed by atoms with E-state index in [1.54, 1.807) is 31.2 Å². The van der Waals surface area contributed by atoms with E-state index in [-0.39, 0.29) is 5.56 Å². The fraction of sp³-hybridized carbons (Fsp3) is 0.273. The van der Waals surface area contributed by atoms with Crippen molar-refractivity contribution in [3.05, 3.63) is 63.8 Å². The Morgan fingerprint density at radius 2 is 1.86 bits per heavy atom. The number of carbonyl (C=O) groups is 2. The van der Waals surface area contributed by atoms with Crippen LogP contribution < -0.4 is 4.74 Å². The quantitative estimate of drug-likeness (QED) is 0.573. The maximum atomic E-state index is 11.3. The van der Waals surface area contributed by atoms with Crippen LogP contribution in [0, 0.1) is 13.8 Å². The van der Waals surface area contributed by atoms with E-state index < -0.39 is 18.0 Å². The lowest BCUT2D eigenvalue weighted by molar-refractivity contribution is -0.145. The number of hydrogen-bond donors (Lipinski definition) is 2. The number of rotatable bonds is 7. The lowest BCUT2D eigenvalue weighted by atomic mass is 10.1. The summed E-state index contributed by atoms with van der Waals surface area (Å²) in [5.41, 5.74) is 4.12. The molecule has 2 aromatic carbocycles. The molecule has 29 heavy (non-hydrogen) atoms. The second kappa shape index (κ2) is 8.17. The van der Waals surface area contributed by atoms with Gasteiger partial charge in [-0.25, -0.2) is 9.59 Å². The molecule has 0 saturated carbocycles. The summed E-state index contributed by atoms with van der Waals surface area (Å²) in [7, 11) is 0. The Hall–Kier alpha value is -2.99. The third kappa shape index (κ3) is 4.07. The highest BCUT2D eigenvalue weighted by molar-refractivity contribution is 6.32. The Labute approximate surface area is 173 Å². The number of benzene rings is 2.